The Morgan fingerprint density at radius 1 is 0.850 bits per heavy atom. The second kappa shape index (κ2) is 12.9. The van der Waals surface area contributed by atoms with E-state index in [0.29, 0.717) is 5.75 Å². The Balaban J connectivity index is 0. The molecule has 0 amide bonds. The molecule has 2 aromatic carbocycles. The van der Waals surface area contributed by atoms with Gasteiger partial charge in [0.15, 0.2) is 0 Å². The number of para-hydroxylation sites is 1. The number of halogens is 1. The summed E-state index contributed by atoms with van der Waals surface area (Å²) in [6, 6.07) is 15.3. The van der Waals surface area contributed by atoms with E-state index in [9.17, 15) is 0 Å². The van der Waals surface area contributed by atoms with Gasteiger partial charge in [0.2, 0.25) is 0 Å². The summed E-state index contributed by atoms with van der Waals surface area (Å²) in [4.78, 5) is 1.06. The van der Waals surface area contributed by atoms with Crippen molar-refractivity contribution < 1.29 is 9.81 Å². The number of phenols is 1. The molecular formula is C16H23FOS2. The lowest BCUT2D eigenvalue weighted by atomic mass is 10.2. The number of phenolic OH excluding ortho intramolecular Hbond substituents is 1. The van der Waals surface area contributed by atoms with E-state index in [1.165, 1.54) is 5.56 Å². The maximum Gasteiger partial charge on any atom is 0.118 e. The number of rotatable bonds is 0. The Morgan fingerprint density at radius 2 is 1.25 bits per heavy atom. The molecule has 1 nitrogen and oxygen atoms in total. The van der Waals surface area contributed by atoms with Crippen LogP contribution in [0.5, 0.6) is 5.75 Å². The summed E-state index contributed by atoms with van der Waals surface area (Å²) >= 11 is 5.95. The minimum Gasteiger partial charge on any atom is -0.508 e. The van der Waals surface area contributed by atoms with E-state index in [1.807, 2.05) is 68.8 Å². The first-order valence-corrected chi connectivity index (χ1v) is 8.00. The molecule has 0 fully saturated rings. The van der Waals surface area contributed by atoms with Crippen molar-refractivity contribution in [1.82, 2.24) is 0 Å². The second-order valence-corrected chi connectivity index (χ2v) is 5.28. The van der Waals surface area contributed by atoms with Gasteiger partial charge in [0, 0.05) is 4.90 Å². The highest BCUT2D eigenvalue weighted by atomic mass is 32.2. The first kappa shape index (κ1) is 21.2. The monoisotopic (exact) mass is 314 g/mol. The highest BCUT2D eigenvalue weighted by Gasteiger charge is 1.87. The van der Waals surface area contributed by atoms with Crippen molar-refractivity contribution in [3.8, 4) is 5.75 Å². The molecule has 2 rings (SSSR count). The Kier molecular flexibility index (Phi) is 13.6. The molecule has 2 aromatic rings. The van der Waals surface area contributed by atoms with E-state index in [4.69, 9.17) is 5.11 Å². The number of hydrogen-bond donors (Lipinski definition) is 2. The third kappa shape index (κ3) is 9.75. The van der Waals surface area contributed by atoms with Crippen molar-refractivity contribution in [3.63, 3.8) is 0 Å². The summed E-state index contributed by atoms with van der Waals surface area (Å²) in [7, 11) is 0. The lowest BCUT2D eigenvalue weighted by Gasteiger charge is -1.92. The van der Waals surface area contributed by atoms with Crippen molar-refractivity contribution in [2.75, 3.05) is 12.5 Å². The third-order valence-corrected chi connectivity index (χ3v) is 2.73. The number of benzene rings is 2. The van der Waals surface area contributed by atoms with E-state index in [0.717, 1.165) is 10.5 Å². The van der Waals surface area contributed by atoms with E-state index < -0.39 is 0 Å². The summed E-state index contributed by atoms with van der Waals surface area (Å²) in [5, 5.41) is 8.92. The van der Waals surface area contributed by atoms with Crippen LogP contribution >= 0.6 is 24.4 Å². The van der Waals surface area contributed by atoms with Crippen molar-refractivity contribution >= 4 is 24.4 Å². The Bertz CT molecular complexity index is 390. The topological polar surface area (TPSA) is 20.2 Å². The first-order valence-electron chi connectivity index (χ1n) is 5.92. The second-order valence-electron chi connectivity index (χ2n) is 3.98. The van der Waals surface area contributed by atoms with Gasteiger partial charge in [0.25, 0.3) is 0 Å². The van der Waals surface area contributed by atoms with Gasteiger partial charge in [-0.05, 0) is 49.6 Å². The molecule has 1 N–H and O–H groups in total. The molecule has 0 saturated heterocycles. The zero-order valence-electron chi connectivity index (χ0n) is 12.3. The third-order valence-electron chi connectivity index (χ3n) is 2.23. The lowest BCUT2D eigenvalue weighted by Crippen LogP contribution is -1.70. The van der Waals surface area contributed by atoms with Crippen LogP contribution in [0.1, 0.15) is 11.1 Å². The lowest BCUT2D eigenvalue weighted by molar-refractivity contribution is 0.471. The Morgan fingerprint density at radius 3 is 1.50 bits per heavy atom. The van der Waals surface area contributed by atoms with Gasteiger partial charge in [-0.1, -0.05) is 36.4 Å². The number of hydrogen-bond acceptors (Lipinski definition) is 3. The largest absolute Gasteiger partial charge is 0.508 e. The van der Waals surface area contributed by atoms with Gasteiger partial charge < -0.3 is 5.11 Å². The fourth-order valence-electron chi connectivity index (χ4n) is 1.13. The van der Waals surface area contributed by atoms with E-state index in [1.54, 1.807) is 17.8 Å². The van der Waals surface area contributed by atoms with Gasteiger partial charge in [-0.3, -0.25) is 4.70 Å². The van der Waals surface area contributed by atoms with Crippen LogP contribution in [0.15, 0.2) is 53.4 Å². The molecule has 0 saturated carbocycles. The van der Waals surface area contributed by atoms with Crippen LogP contribution in [0, 0.1) is 13.8 Å². The normalized spacial score (nSPS) is 8.25. The quantitative estimate of drug-likeness (QED) is 0.659. The average Bonchev–Trinajstić information content (AvgIpc) is 2.38. The van der Waals surface area contributed by atoms with Crippen LogP contribution in [0.25, 0.3) is 0 Å². The Hall–Kier alpha value is -1.13. The molecule has 0 aliphatic heterocycles. The average molecular weight is 314 g/mol. The van der Waals surface area contributed by atoms with Gasteiger partial charge in [-0.25, -0.2) is 0 Å². The summed E-state index contributed by atoms with van der Waals surface area (Å²) in [5.74, 6) is 0.368. The van der Waals surface area contributed by atoms with Gasteiger partial charge in [-0.2, -0.15) is 11.8 Å². The van der Waals surface area contributed by atoms with Gasteiger partial charge in [-0.15, -0.1) is 12.6 Å². The zero-order chi connectivity index (χ0) is 14.7. The number of thioether (sulfide) groups is 1. The minimum atomic E-state index is 0. The maximum absolute atomic E-state index is 8.92. The molecular weight excluding hydrogens is 291 g/mol. The number of aromatic hydroxyl groups is 1. The minimum absolute atomic E-state index is 0. The molecule has 0 unspecified atom stereocenters. The SMILES string of the molecule is CSC.Cc1ccccc1O.Cc1ccccc1S.F. The summed E-state index contributed by atoms with van der Waals surface area (Å²) in [5.41, 5.74) is 2.16. The molecule has 20 heavy (non-hydrogen) atoms. The fourth-order valence-corrected chi connectivity index (χ4v) is 1.29. The molecule has 0 aliphatic rings. The number of thiol groups is 1. The molecule has 4 heteroatoms. The maximum atomic E-state index is 8.92. The first-order chi connectivity index (χ1) is 9.02. The van der Waals surface area contributed by atoms with Crippen LogP contribution in [0.2, 0.25) is 0 Å². The summed E-state index contributed by atoms with van der Waals surface area (Å²) < 4.78 is 0. The van der Waals surface area contributed by atoms with E-state index >= 15 is 0 Å². The fraction of sp³-hybridized carbons (Fsp3) is 0.250. The van der Waals surface area contributed by atoms with Crippen LogP contribution in [-0.2, 0) is 0 Å². The Labute approximate surface area is 131 Å². The molecule has 0 aliphatic carbocycles. The van der Waals surface area contributed by atoms with Crippen molar-refractivity contribution in [1.29, 1.82) is 0 Å². The molecule has 112 valence electrons. The van der Waals surface area contributed by atoms with Crippen LogP contribution in [0.3, 0.4) is 0 Å². The highest BCUT2D eigenvalue weighted by molar-refractivity contribution is 7.97. The van der Waals surface area contributed by atoms with Gasteiger partial charge in [0.1, 0.15) is 5.75 Å². The molecule has 0 spiro atoms. The molecule has 0 heterocycles. The van der Waals surface area contributed by atoms with Crippen molar-refractivity contribution in [2.45, 2.75) is 18.7 Å². The predicted molar refractivity (Wildman–Crippen MR) is 93.2 cm³/mol. The molecule has 0 radical (unpaired) electrons. The van der Waals surface area contributed by atoms with Crippen LogP contribution in [0.4, 0.5) is 4.70 Å². The van der Waals surface area contributed by atoms with E-state index in [2.05, 4.69) is 12.6 Å². The standard InChI is InChI=1S/C7H8O.C7H8S.C2H6S.FH/c2*1-6-4-2-3-5-7(6)8;1-3-2;/h2*2-5,8H,1H3;1-2H3;1H. The van der Waals surface area contributed by atoms with Gasteiger partial charge in [0.05, 0.1) is 0 Å². The number of aryl methyl sites for hydroxylation is 2. The smallest absolute Gasteiger partial charge is 0.118 e. The van der Waals surface area contributed by atoms with Crippen LogP contribution in [-0.4, -0.2) is 17.6 Å². The highest BCUT2D eigenvalue weighted by Crippen LogP contribution is 2.12. The van der Waals surface area contributed by atoms with Crippen LogP contribution < -0.4 is 0 Å². The van der Waals surface area contributed by atoms with Gasteiger partial charge >= 0.3 is 0 Å². The molecule has 0 bridgehead atoms. The predicted octanol–water partition coefficient (Wildman–Crippen LogP) is 5.12. The molecule has 0 atom stereocenters. The van der Waals surface area contributed by atoms with Crippen molar-refractivity contribution in [2.24, 2.45) is 0 Å². The summed E-state index contributed by atoms with van der Waals surface area (Å²) in [6.45, 7) is 3.91. The molecule has 0 aromatic heterocycles. The van der Waals surface area contributed by atoms with E-state index in [-0.39, 0.29) is 4.70 Å². The summed E-state index contributed by atoms with van der Waals surface area (Å²) in [6.07, 6.45) is 4.08. The zero-order valence-corrected chi connectivity index (χ0v) is 14.0. The van der Waals surface area contributed by atoms with Crippen molar-refractivity contribution in [3.05, 3.63) is 59.7 Å².